The molecule has 0 bridgehead atoms. The minimum atomic E-state index is -1.05. The number of hydrogen-bond acceptors (Lipinski definition) is 3. The SMILES string of the molecule is CC(C)(C)[S@@](=O)N[C@@H]1c2c3c(nn2CC12CCNCC2)CCC3. The first-order chi connectivity index (χ1) is 10.9. The van der Waals surface area contributed by atoms with Crippen molar-refractivity contribution in [3.8, 4) is 0 Å². The zero-order valence-electron chi connectivity index (χ0n) is 14.4. The maximum Gasteiger partial charge on any atom is 0.0976 e. The molecule has 128 valence electrons. The molecule has 1 aromatic heterocycles. The van der Waals surface area contributed by atoms with Crippen LogP contribution in [0.25, 0.3) is 0 Å². The van der Waals surface area contributed by atoms with Crippen molar-refractivity contribution in [3.63, 3.8) is 0 Å². The number of nitrogens with zero attached hydrogens (tertiary/aromatic N) is 2. The van der Waals surface area contributed by atoms with E-state index in [1.54, 1.807) is 0 Å². The van der Waals surface area contributed by atoms with E-state index in [4.69, 9.17) is 5.10 Å². The molecule has 2 atom stereocenters. The van der Waals surface area contributed by atoms with Crippen molar-refractivity contribution in [2.45, 2.75) is 70.2 Å². The highest BCUT2D eigenvalue weighted by atomic mass is 32.2. The predicted octanol–water partition coefficient (Wildman–Crippen LogP) is 1.85. The molecule has 0 aromatic carbocycles. The van der Waals surface area contributed by atoms with Crippen LogP contribution in [0, 0.1) is 5.41 Å². The quantitative estimate of drug-likeness (QED) is 0.866. The summed E-state index contributed by atoms with van der Waals surface area (Å²) in [5.74, 6) is 0. The Morgan fingerprint density at radius 1 is 1.30 bits per heavy atom. The Morgan fingerprint density at radius 2 is 2.04 bits per heavy atom. The van der Waals surface area contributed by atoms with Crippen LogP contribution in [-0.4, -0.2) is 31.8 Å². The molecule has 5 nitrogen and oxygen atoms in total. The molecule has 6 heteroatoms. The Labute approximate surface area is 141 Å². The highest BCUT2D eigenvalue weighted by Crippen LogP contribution is 2.50. The van der Waals surface area contributed by atoms with Crippen LogP contribution in [0.1, 0.15) is 63.0 Å². The fourth-order valence-corrected chi connectivity index (χ4v) is 5.36. The molecule has 2 N–H and O–H groups in total. The van der Waals surface area contributed by atoms with Gasteiger partial charge in [-0.2, -0.15) is 5.10 Å². The third-order valence-electron chi connectivity index (χ3n) is 5.75. The maximum atomic E-state index is 12.8. The van der Waals surface area contributed by atoms with Crippen molar-refractivity contribution in [2.24, 2.45) is 5.41 Å². The molecular formula is C17H28N4OS. The van der Waals surface area contributed by atoms with Gasteiger partial charge < -0.3 is 5.32 Å². The van der Waals surface area contributed by atoms with Gasteiger partial charge in [0.15, 0.2) is 0 Å². The van der Waals surface area contributed by atoms with Gasteiger partial charge in [-0.15, -0.1) is 0 Å². The molecule has 2 aliphatic heterocycles. The van der Waals surface area contributed by atoms with Crippen LogP contribution in [0.3, 0.4) is 0 Å². The Kier molecular flexibility index (Phi) is 3.70. The predicted molar refractivity (Wildman–Crippen MR) is 92.6 cm³/mol. The van der Waals surface area contributed by atoms with Gasteiger partial charge in [0.1, 0.15) is 0 Å². The first-order valence-corrected chi connectivity index (χ1v) is 10.0. The van der Waals surface area contributed by atoms with Crippen LogP contribution in [0.2, 0.25) is 0 Å². The molecule has 23 heavy (non-hydrogen) atoms. The fourth-order valence-electron chi connectivity index (χ4n) is 4.43. The van der Waals surface area contributed by atoms with Crippen molar-refractivity contribution < 1.29 is 4.21 Å². The number of nitrogens with one attached hydrogen (secondary N) is 2. The van der Waals surface area contributed by atoms with Gasteiger partial charge in [0.05, 0.1) is 33.2 Å². The zero-order valence-corrected chi connectivity index (χ0v) is 15.3. The van der Waals surface area contributed by atoms with Crippen molar-refractivity contribution in [1.29, 1.82) is 0 Å². The molecule has 1 aliphatic carbocycles. The summed E-state index contributed by atoms with van der Waals surface area (Å²) in [5, 5.41) is 8.38. The standard InChI is InChI=1S/C17H28N4OS/c1-16(2,3)23(22)20-15-14-12-5-4-6-13(12)19-21(14)11-17(15)7-9-18-10-8-17/h15,18,20H,4-11H2,1-3H3/t15-,23-/m1/s1. The molecule has 4 rings (SSSR count). The van der Waals surface area contributed by atoms with Crippen molar-refractivity contribution in [2.75, 3.05) is 13.1 Å². The lowest BCUT2D eigenvalue weighted by Gasteiger charge is -2.39. The molecule has 0 unspecified atom stereocenters. The number of aromatic nitrogens is 2. The van der Waals surface area contributed by atoms with E-state index in [9.17, 15) is 4.21 Å². The summed E-state index contributed by atoms with van der Waals surface area (Å²) in [6.45, 7) is 9.21. The van der Waals surface area contributed by atoms with Gasteiger partial charge >= 0.3 is 0 Å². The lowest BCUT2D eigenvalue weighted by atomic mass is 9.73. The number of hydrogen-bond donors (Lipinski definition) is 2. The van der Waals surface area contributed by atoms with Crippen LogP contribution in [-0.2, 0) is 30.4 Å². The van der Waals surface area contributed by atoms with E-state index in [0.717, 1.165) is 45.3 Å². The lowest BCUT2D eigenvalue weighted by Crippen LogP contribution is -2.46. The summed E-state index contributed by atoms with van der Waals surface area (Å²) in [7, 11) is -1.05. The average molecular weight is 337 g/mol. The third-order valence-corrected chi connectivity index (χ3v) is 7.31. The molecule has 3 aliphatic rings. The maximum absolute atomic E-state index is 12.8. The summed E-state index contributed by atoms with van der Waals surface area (Å²) in [4.78, 5) is 0. The topological polar surface area (TPSA) is 59.0 Å². The third kappa shape index (κ3) is 2.50. The molecule has 0 radical (unpaired) electrons. The van der Waals surface area contributed by atoms with Crippen LogP contribution < -0.4 is 10.0 Å². The van der Waals surface area contributed by atoms with E-state index < -0.39 is 11.0 Å². The van der Waals surface area contributed by atoms with Crippen molar-refractivity contribution in [3.05, 3.63) is 17.0 Å². The van der Waals surface area contributed by atoms with Gasteiger partial charge in [0, 0.05) is 12.0 Å². The summed E-state index contributed by atoms with van der Waals surface area (Å²) in [5.41, 5.74) is 4.25. The van der Waals surface area contributed by atoms with Gasteiger partial charge in [-0.1, -0.05) is 0 Å². The summed E-state index contributed by atoms with van der Waals surface area (Å²) >= 11 is 0. The monoisotopic (exact) mass is 336 g/mol. The second-order valence-corrected chi connectivity index (χ2v) is 10.4. The Bertz CT molecular complexity index is 640. The van der Waals surface area contributed by atoms with Gasteiger partial charge in [-0.05, 0) is 71.5 Å². The van der Waals surface area contributed by atoms with Gasteiger partial charge in [-0.3, -0.25) is 4.68 Å². The van der Waals surface area contributed by atoms with Crippen LogP contribution in [0.15, 0.2) is 0 Å². The number of aryl methyl sites for hydroxylation is 1. The molecular weight excluding hydrogens is 308 g/mol. The Hall–Kier alpha value is -0.720. The number of fused-ring (bicyclic) bond motifs is 3. The van der Waals surface area contributed by atoms with Crippen LogP contribution in [0.4, 0.5) is 0 Å². The minimum absolute atomic E-state index is 0.173. The molecule has 1 fully saturated rings. The summed E-state index contributed by atoms with van der Waals surface area (Å²) < 4.78 is 18.4. The molecule has 1 aromatic rings. The van der Waals surface area contributed by atoms with Gasteiger partial charge in [-0.25, -0.2) is 8.93 Å². The number of piperidine rings is 1. The minimum Gasteiger partial charge on any atom is -0.317 e. The first-order valence-electron chi connectivity index (χ1n) is 8.88. The fraction of sp³-hybridized carbons (Fsp3) is 0.824. The van der Waals surface area contributed by atoms with E-state index >= 15 is 0 Å². The molecule has 3 heterocycles. The highest BCUT2D eigenvalue weighted by Gasteiger charge is 2.50. The molecule has 0 amide bonds. The highest BCUT2D eigenvalue weighted by molar-refractivity contribution is 7.84. The largest absolute Gasteiger partial charge is 0.317 e. The van der Waals surface area contributed by atoms with Crippen LogP contribution in [0.5, 0.6) is 0 Å². The summed E-state index contributed by atoms with van der Waals surface area (Å²) in [6, 6.07) is 0.180. The van der Waals surface area contributed by atoms with Crippen molar-refractivity contribution in [1.82, 2.24) is 19.8 Å². The molecule has 0 saturated carbocycles. The number of rotatable bonds is 2. The van der Waals surface area contributed by atoms with Gasteiger partial charge in [0.25, 0.3) is 0 Å². The normalized spacial score (nSPS) is 27.2. The van der Waals surface area contributed by atoms with Crippen LogP contribution >= 0.6 is 0 Å². The van der Waals surface area contributed by atoms with E-state index in [0.29, 0.717) is 0 Å². The smallest absolute Gasteiger partial charge is 0.0976 e. The Morgan fingerprint density at radius 3 is 2.74 bits per heavy atom. The summed E-state index contributed by atoms with van der Waals surface area (Å²) in [6.07, 6.45) is 5.72. The molecule has 1 saturated heterocycles. The van der Waals surface area contributed by atoms with Crippen molar-refractivity contribution >= 4 is 11.0 Å². The zero-order chi connectivity index (χ0) is 16.2. The lowest BCUT2D eigenvalue weighted by molar-refractivity contribution is 0.149. The first kappa shape index (κ1) is 15.8. The van der Waals surface area contributed by atoms with E-state index in [2.05, 4.69) is 14.7 Å². The van der Waals surface area contributed by atoms with E-state index in [1.165, 1.54) is 23.4 Å². The second kappa shape index (κ2) is 5.39. The second-order valence-electron chi connectivity index (χ2n) is 8.37. The average Bonchev–Trinajstić information content (AvgIpc) is 3.11. The molecule has 1 spiro atoms. The Balaban J connectivity index is 1.73. The van der Waals surface area contributed by atoms with E-state index in [-0.39, 0.29) is 16.2 Å². The van der Waals surface area contributed by atoms with E-state index in [1.807, 2.05) is 20.8 Å². The van der Waals surface area contributed by atoms with Gasteiger partial charge in [0.2, 0.25) is 0 Å².